The van der Waals surface area contributed by atoms with E-state index in [1.807, 2.05) is 20.8 Å². The number of nitro groups is 1. The third-order valence-corrected chi connectivity index (χ3v) is 3.86. The van der Waals surface area contributed by atoms with E-state index in [2.05, 4.69) is 5.32 Å². The molecule has 1 atom stereocenters. The van der Waals surface area contributed by atoms with E-state index in [1.165, 1.54) is 6.07 Å². The summed E-state index contributed by atoms with van der Waals surface area (Å²) in [6, 6.07) is 3.36. The number of amides is 3. The summed E-state index contributed by atoms with van der Waals surface area (Å²) in [6.45, 7) is 5.30. The second-order valence-corrected chi connectivity index (χ2v) is 5.78. The van der Waals surface area contributed by atoms with Crippen molar-refractivity contribution in [1.29, 1.82) is 0 Å². The zero-order valence-corrected chi connectivity index (χ0v) is 13.0. The van der Waals surface area contributed by atoms with Crippen LogP contribution < -0.4 is 5.32 Å². The van der Waals surface area contributed by atoms with Crippen LogP contribution in [0.1, 0.15) is 41.5 Å². The second-order valence-electron chi connectivity index (χ2n) is 5.78. The van der Waals surface area contributed by atoms with Crippen molar-refractivity contribution >= 4 is 23.4 Å². The van der Waals surface area contributed by atoms with Gasteiger partial charge < -0.3 is 5.32 Å². The minimum Gasteiger partial charge on any atom is -0.352 e. The number of hydrogen-bond acceptors (Lipinski definition) is 5. The Bertz CT molecular complexity index is 698. The summed E-state index contributed by atoms with van der Waals surface area (Å²) >= 11 is 0. The molecular formula is C15H17N3O5. The highest BCUT2D eigenvalue weighted by atomic mass is 16.6. The van der Waals surface area contributed by atoms with Crippen molar-refractivity contribution in [2.75, 3.05) is 6.54 Å². The van der Waals surface area contributed by atoms with E-state index in [0.29, 0.717) is 0 Å². The molecule has 0 bridgehead atoms. The van der Waals surface area contributed by atoms with Gasteiger partial charge in [-0.25, -0.2) is 0 Å². The lowest BCUT2D eigenvalue weighted by molar-refractivity contribution is -0.384. The van der Waals surface area contributed by atoms with Gasteiger partial charge in [-0.3, -0.25) is 29.4 Å². The summed E-state index contributed by atoms with van der Waals surface area (Å²) in [5.41, 5.74) is -0.246. The van der Waals surface area contributed by atoms with Crippen molar-refractivity contribution < 1.29 is 19.3 Å². The van der Waals surface area contributed by atoms with E-state index in [-0.39, 0.29) is 28.8 Å². The number of hydrogen-bond donors (Lipinski definition) is 1. The van der Waals surface area contributed by atoms with Crippen LogP contribution in [-0.2, 0) is 4.79 Å². The Morgan fingerprint density at radius 1 is 1.22 bits per heavy atom. The fourth-order valence-corrected chi connectivity index (χ4v) is 2.15. The maximum absolute atomic E-state index is 12.2. The molecule has 0 saturated carbocycles. The standard InChI is InChI=1S/C15H17N3O5/c1-8(2)9(3)16-13(19)7-17-14(20)11-5-4-10(18(22)23)6-12(11)15(17)21/h4-6,8-9H,7H2,1-3H3,(H,16,19)/t9-/m0/s1. The summed E-state index contributed by atoms with van der Waals surface area (Å²) in [4.78, 5) is 47.3. The molecule has 3 amide bonds. The van der Waals surface area contributed by atoms with E-state index >= 15 is 0 Å². The summed E-state index contributed by atoms with van der Waals surface area (Å²) in [5.74, 6) is -1.55. The minimum absolute atomic E-state index is 0.0473. The van der Waals surface area contributed by atoms with Gasteiger partial charge in [-0.05, 0) is 18.9 Å². The van der Waals surface area contributed by atoms with Crippen LogP contribution in [0.25, 0.3) is 0 Å². The van der Waals surface area contributed by atoms with Gasteiger partial charge in [0.05, 0.1) is 16.1 Å². The van der Waals surface area contributed by atoms with Crippen molar-refractivity contribution in [2.45, 2.75) is 26.8 Å². The van der Waals surface area contributed by atoms with E-state index in [9.17, 15) is 24.5 Å². The molecule has 1 aromatic carbocycles. The molecule has 0 spiro atoms. The molecule has 0 aliphatic carbocycles. The lowest BCUT2D eigenvalue weighted by Gasteiger charge is -2.19. The number of nitrogens with zero attached hydrogens (tertiary/aromatic N) is 2. The van der Waals surface area contributed by atoms with Crippen LogP contribution in [0, 0.1) is 16.0 Å². The highest BCUT2D eigenvalue weighted by molar-refractivity contribution is 6.22. The maximum Gasteiger partial charge on any atom is 0.270 e. The highest BCUT2D eigenvalue weighted by Crippen LogP contribution is 2.26. The van der Waals surface area contributed by atoms with E-state index in [1.54, 1.807) is 0 Å². The Hall–Kier alpha value is -2.77. The lowest BCUT2D eigenvalue weighted by atomic mass is 10.1. The number of carbonyl (C=O) groups excluding carboxylic acids is 3. The van der Waals surface area contributed by atoms with Crippen LogP contribution in [0.5, 0.6) is 0 Å². The molecule has 0 aromatic heterocycles. The normalized spacial score (nSPS) is 14.9. The topological polar surface area (TPSA) is 110 Å². The Labute approximate surface area is 132 Å². The van der Waals surface area contributed by atoms with Gasteiger partial charge in [0, 0.05) is 18.2 Å². The monoisotopic (exact) mass is 319 g/mol. The van der Waals surface area contributed by atoms with Crippen LogP contribution in [0.3, 0.4) is 0 Å². The first-order valence-corrected chi connectivity index (χ1v) is 7.16. The van der Waals surface area contributed by atoms with Crippen LogP contribution in [0.4, 0.5) is 5.69 Å². The number of nitrogens with one attached hydrogen (secondary N) is 1. The summed E-state index contributed by atoms with van der Waals surface area (Å²) in [5, 5.41) is 13.5. The van der Waals surface area contributed by atoms with Gasteiger partial charge in [-0.1, -0.05) is 13.8 Å². The van der Waals surface area contributed by atoms with Gasteiger partial charge >= 0.3 is 0 Å². The smallest absolute Gasteiger partial charge is 0.270 e. The van der Waals surface area contributed by atoms with Crippen LogP contribution >= 0.6 is 0 Å². The molecule has 2 rings (SSSR count). The first-order chi connectivity index (χ1) is 10.7. The molecular weight excluding hydrogens is 302 g/mol. The van der Waals surface area contributed by atoms with Gasteiger partial charge in [0.15, 0.2) is 0 Å². The van der Waals surface area contributed by atoms with Gasteiger partial charge in [0.2, 0.25) is 5.91 Å². The van der Waals surface area contributed by atoms with Gasteiger partial charge in [-0.2, -0.15) is 0 Å². The third kappa shape index (κ3) is 3.20. The largest absolute Gasteiger partial charge is 0.352 e. The Kier molecular flexibility index (Phi) is 4.44. The molecule has 0 unspecified atom stereocenters. The minimum atomic E-state index is -0.693. The van der Waals surface area contributed by atoms with Crippen molar-refractivity contribution in [3.63, 3.8) is 0 Å². The fourth-order valence-electron chi connectivity index (χ4n) is 2.15. The fraction of sp³-hybridized carbons (Fsp3) is 0.400. The number of nitro benzene ring substituents is 1. The molecule has 1 aromatic rings. The molecule has 1 aliphatic rings. The summed E-state index contributed by atoms with van der Waals surface area (Å²) in [6.07, 6.45) is 0. The van der Waals surface area contributed by atoms with Gasteiger partial charge in [0.25, 0.3) is 17.5 Å². The predicted molar refractivity (Wildman–Crippen MR) is 80.9 cm³/mol. The Balaban J connectivity index is 2.17. The number of carbonyl (C=O) groups is 3. The van der Waals surface area contributed by atoms with E-state index in [0.717, 1.165) is 17.0 Å². The lowest BCUT2D eigenvalue weighted by Crippen LogP contribution is -2.44. The first-order valence-electron chi connectivity index (χ1n) is 7.16. The average molecular weight is 319 g/mol. The highest BCUT2D eigenvalue weighted by Gasteiger charge is 2.37. The number of fused-ring (bicyclic) bond motifs is 1. The number of benzene rings is 1. The van der Waals surface area contributed by atoms with Crippen LogP contribution in [0.2, 0.25) is 0 Å². The molecule has 8 nitrogen and oxygen atoms in total. The molecule has 0 fully saturated rings. The Morgan fingerprint density at radius 3 is 2.39 bits per heavy atom. The predicted octanol–water partition coefficient (Wildman–Crippen LogP) is 1.35. The number of imide groups is 1. The molecule has 1 aliphatic heterocycles. The quantitative estimate of drug-likeness (QED) is 0.500. The average Bonchev–Trinajstić information content (AvgIpc) is 2.71. The van der Waals surface area contributed by atoms with Crippen molar-refractivity contribution in [1.82, 2.24) is 10.2 Å². The van der Waals surface area contributed by atoms with Crippen molar-refractivity contribution in [3.8, 4) is 0 Å². The molecule has 1 heterocycles. The SMILES string of the molecule is CC(C)[C@H](C)NC(=O)CN1C(=O)c2ccc([N+](=O)[O-])cc2C1=O. The molecule has 1 N–H and O–H groups in total. The van der Waals surface area contributed by atoms with E-state index < -0.39 is 29.2 Å². The third-order valence-electron chi connectivity index (χ3n) is 3.86. The number of non-ortho nitro benzene ring substituents is 1. The van der Waals surface area contributed by atoms with E-state index in [4.69, 9.17) is 0 Å². The zero-order chi connectivity index (χ0) is 17.3. The second kappa shape index (κ2) is 6.15. The van der Waals surface area contributed by atoms with Gasteiger partial charge in [0.1, 0.15) is 6.54 Å². The first kappa shape index (κ1) is 16.6. The van der Waals surface area contributed by atoms with Crippen molar-refractivity contribution in [3.05, 3.63) is 39.4 Å². The van der Waals surface area contributed by atoms with Crippen molar-refractivity contribution in [2.24, 2.45) is 5.92 Å². The molecule has 0 saturated heterocycles. The zero-order valence-electron chi connectivity index (χ0n) is 13.0. The summed E-state index contributed by atoms with van der Waals surface area (Å²) < 4.78 is 0. The van der Waals surface area contributed by atoms with Gasteiger partial charge in [-0.15, -0.1) is 0 Å². The molecule has 0 radical (unpaired) electrons. The molecule has 122 valence electrons. The maximum atomic E-state index is 12.2. The molecule has 23 heavy (non-hydrogen) atoms. The Morgan fingerprint density at radius 2 is 1.83 bits per heavy atom. The summed E-state index contributed by atoms with van der Waals surface area (Å²) in [7, 11) is 0. The van der Waals surface area contributed by atoms with Crippen LogP contribution in [-0.4, -0.2) is 40.1 Å². The number of rotatable bonds is 5. The van der Waals surface area contributed by atoms with Crippen LogP contribution in [0.15, 0.2) is 18.2 Å². The molecule has 8 heteroatoms.